The molecule has 1 fully saturated rings. The molecule has 0 atom stereocenters. The number of amides is 2. The minimum Gasteiger partial charge on any atom is -0.507 e. The molecule has 2 rings (SSSR count). The third kappa shape index (κ3) is 5.44. The molecule has 22 heavy (non-hydrogen) atoms. The lowest BCUT2D eigenvalue weighted by Crippen LogP contribution is -2.25. The van der Waals surface area contributed by atoms with Gasteiger partial charge in [0.2, 0.25) is 6.41 Å². The molecule has 0 saturated carbocycles. The van der Waals surface area contributed by atoms with Gasteiger partial charge in [-0.05, 0) is 18.6 Å². The second-order valence-corrected chi connectivity index (χ2v) is 5.25. The van der Waals surface area contributed by atoms with Crippen molar-refractivity contribution in [1.82, 2.24) is 4.90 Å². The molecule has 3 N–H and O–H groups in total. The Kier molecular flexibility index (Phi) is 6.90. The molecule has 0 spiro atoms. The molecule has 8 nitrogen and oxygen atoms in total. The minimum atomic E-state index is -0.613. The third-order valence-electron chi connectivity index (χ3n) is 2.59. The molecule has 1 aromatic carbocycles. The highest BCUT2D eigenvalue weighted by Crippen LogP contribution is 2.24. The van der Waals surface area contributed by atoms with E-state index in [1.165, 1.54) is 28.8 Å². The molecule has 1 saturated heterocycles. The number of aromatic hydroxyl groups is 1. The Morgan fingerprint density at radius 2 is 2.14 bits per heavy atom. The first-order valence-corrected chi connectivity index (χ1v) is 7.22. The number of rotatable bonds is 3. The molecule has 0 unspecified atom stereocenters. The van der Waals surface area contributed by atoms with Gasteiger partial charge in [-0.3, -0.25) is 19.7 Å². The number of nitrogens with two attached hydrogens (primary N) is 1. The van der Waals surface area contributed by atoms with Crippen molar-refractivity contribution >= 4 is 24.1 Å². The first-order chi connectivity index (χ1) is 10.5. The van der Waals surface area contributed by atoms with Crippen LogP contribution in [0.15, 0.2) is 35.5 Å². The second kappa shape index (κ2) is 8.67. The summed E-state index contributed by atoms with van der Waals surface area (Å²) in [4.78, 5) is 31.8. The van der Waals surface area contributed by atoms with E-state index in [4.69, 9.17) is 10.8 Å². The number of carbonyl (C=O) groups excluding carboxylic acids is 2. The Hall–Kier alpha value is -2.55. The lowest BCUT2D eigenvalue weighted by molar-refractivity contribution is -0.403. The van der Waals surface area contributed by atoms with Crippen LogP contribution in [-0.2, 0) is 4.79 Å². The van der Waals surface area contributed by atoms with Gasteiger partial charge in [-0.1, -0.05) is 12.1 Å². The topological polar surface area (TPSA) is 127 Å². The molecule has 9 heteroatoms. The summed E-state index contributed by atoms with van der Waals surface area (Å²) in [5.74, 6) is 0.150. The van der Waals surface area contributed by atoms with Gasteiger partial charge in [0.15, 0.2) is 0 Å². The Labute approximate surface area is 130 Å². The lowest BCUT2D eigenvalue weighted by Gasteiger charge is -2.22. The van der Waals surface area contributed by atoms with Crippen molar-refractivity contribution in [2.24, 2.45) is 5.73 Å². The molecule has 0 bridgehead atoms. The highest BCUT2D eigenvalue weighted by Gasteiger charge is 2.17. The van der Waals surface area contributed by atoms with Gasteiger partial charge >= 0.3 is 0 Å². The Morgan fingerprint density at radius 1 is 1.45 bits per heavy atom. The Bertz CT molecular complexity index is 591. The molecule has 0 radical (unpaired) electrons. The fourth-order valence-corrected chi connectivity index (χ4v) is 2.54. The Balaban J connectivity index is 0.000000224. The summed E-state index contributed by atoms with van der Waals surface area (Å²) in [6.45, 7) is 0.580. The third-order valence-corrected chi connectivity index (χ3v) is 3.72. The second-order valence-electron chi connectivity index (χ2n) is 4.13. The van der Waals surface area contributed by atoms with Crippen LogP contribution in [0.25, 0.3) is 0 Å². The number of carbonyl (C=O) groups is 2. The van der Waals surface area contributed by atoms with Crippen LogP contribution in [0.3, 0.4) is 0 Å². The average Bonchev–Trinajstić information content (AvgIpc) is 2.48. The number of nitro groups is 1. The van der Waals surface area contributed by atoms with E-state index >= 15 is 0 Å². The molecular weight excluding hydrogens is 310 g/mol. The van der Waals surface area contributed by atoms with Crippen molar-refractivity contribution in [3.05, 3.63) is 51.2 Å². The van der Waals surface area contributed by atoms with Crippen LogP contribution in [0.4, 0.5) is 0 Å². The summed E-state index contributed by atoms with van der Waals surface area (Å²) in [5.41, 5.74) is 5.07. The summed E-state index contributed by atoms with van der Waals surface area (Å²) in [5, 5.41) is 19.5. The highest BCUT2D eigenvalue weighted by molar-refractivity contribution is 8.03. The van der Waals surface area contributed by atoms with Crippen LogP contribution < -0.4 is 5.73 Å². The number of nitrogens with zero attached hydrogens (tertiary/aromatic N) is 2. The zero-order valence-corrected chi connectivity index (χ0v) is 12.4. The Morgan fingerprint density at radius 3 is 2.64 bits per heavy atom. The van der Waals surface area contributed by atoms with Gasteiger partial charge in [0.1, 0.15) is 10.8 Å². The number of para-hydroxylation sites is 1. The quantitative estimate of drug-likeness (QED) is 0.487. The number of hydrogen-bond donors (Lipinski definition) is 2. The fourth-order valence-electron chi connectivity index (χ4n) is 1.59. The maximum atomic E-state index is 10.5. The first-order valence-electron chi connectivity index (χ1n) is 6.23. The lowest BCUT2D eigenvalue weighted by atomic mass is 10.2. The van der Waals surface area contributed by atoms with Crippen molar-refractivity contribution in [3.63, 3.8) is 0 Å². The van der Waals surface area contributed by atoms with E-state index in [0.717, 1.165) is 18.4 Å². The molecule has 0 aromatic heterocycles. The molecule has 2 amide bonds. The average molecular weight is 325 g/mol. The van der Waals surface area contributed by atoms with E-state index in [1.54, 1.807) is 12.1 Å². The molecule has 118 valence electrons. The smallest absolute Gasteiger partial charge is 0.264 e. The van der Waals surface area contributed by atoms with E-state index in [2.05, 4.69) is 0 Å². The van der Waals surface area contributed by atoms with Gasteiger partial charge < -0.3 is 15.7 Å². The maximum Gasteiger partial charge on any atom is 0.264 e. The zero-order chi connectivity index (χ0) is 16.5. The van der Waals surface area contributed by atoms with E-state index in [1.807, 2.05) is 0 Å². The van der Waals surface area contributed by atoms with Crippen molar-refractivity contribution in [3.8, 4) is 5.75 Å². The summed E-state index contributed by atoms with van der Waals surface area (Å²) in [6, 6.07) is 6.15. The SMILES string of the molecule is NC(=O)c1ccccc1O.O=CN1CCCS/C1=C\[N+](=O)[O-]. The van der Waals surface area contributed by atoms with Gasteiger partial charge in [0, 0.05) is 12.3 Å². The van der Waals surface area contributed by atoms with E-state index < -0.39 is 10.8 Å². The normalized spacial score (nSPS) is 15.6. The van der Waals surface area contributed by atoms with Crippen molar-refractivity contribution in [2.75, 3.05) is 12.3 Å². The van der Waals surface area contributed by atoms with Crippen molar-refractivity contribution < 1.29 is 19.6 Å². The standard InChI is InChI=1S/C7H7NO2.C6H8N2O3S/c8-7(10)5-3-1-2-4-6(5)9;9-5-7-2-1-3-12-6(7)4-8(10)11/h1-4,9H,(H2,8,10);4-5H,1-3H2/b;6-4-. The van der Waals surface area contributed by atoms with Gasteiger partial charge in [0.25, 0.3) is 12.1 Å². The van der Waals surface area contributed by atoms with Crippen molar-refractivity contribution in [2.45, 2.75) is 6.42 Å². The molecule has 1 aliphatic rings. The minimum absolute atomic E-state index is 0.0741. The fraction of sp³-hybridized carbons (Fsp3) is 0.231. The molecule has 1 aliphatic heterocycles. The first kappa shape index (κ1) is 17.5. The van der Waals surface area contributed by atoms with E-state index in [9.17, 15) is 19.7 Å². The van der Waals surface area contributed by atoms with Crippen LogP contribution in [0, 0.1) is 10.1 Å². The molecule has 0 aliphatic carbocycles. The van der Waals surface area contributed by atoms with Gasteiger partial charge in [0.05, 0.1) is 10.5 Å². The van der Waals surface area contributed by atoms with Gasteiger partial charge in [-0.2, -0.15) is 0 Å². The summed E-state index contributed by atoms with van der Waals surface area (Å²) >= 11 is 1.34. The zero-order valence-electron chi connectivity index (χ0n) is 11.5. The number of thioether (sulfide) groups is 1. The van der Waals surface area contributed by atoms with Crippen LogP contribution in [0.1, 0.15) is 16.8 Å². The molecular formula is C13H15N3O5S. The van der Waals surface area contributed by atoms with E-state index in [-0.39, 0.29) is 11.3 Å². The van der Waals surface area contributed by atoms with Crippen LogP contribution in [-0.4, -0.2) is 39.5 Å². The number of hydrogen-bond acceptors (Lipinski definition) is 6. The van der Waals surface area contributed by atoms with Gasteiger partial charge in [-0.25, -0.2) is 0 Å². The molecule has 1 heterocycles. The number of primary amides is 1. The van der Waals surface area contributed by atoms with E-state index in [0.29, 0.717) is 18.0 Å². The largest absolute Gasteiger partial charge is 0.507 e. The predicted octanol–water partition coefficient (Wildman–Crippen LogP) is 1.15. The number of phenols is 1. The van der Waals surface area contributed by atoms with Crippen LogP contribution in [0.2, 0.25) is 0 Å². The number of benzene rings is 1. The van der Waals surface area contributed by atoms with Crippen molar-refractivity contribution in [1.29, 1.82) is 0 Å². The van der Waals surface area contributed by atoms with Crippen LogP contribution in [0.5, 0.6) is 5.75 Å². The monoisotopic (exact) mass is 325 g/mol. The summed E-state index contributed by atoms with van der Waals surface area (Å²) in [6.07, 6.45) is 2.39. The maximum absolute atomic E-state index is 10.5. The molecule has 1 aromatic rings. The highest BCUT2D eigenvalue weighted by atomic mass is 32.2. The summed E-state index contributed by atoms with van der Waals surface area (Å²) < 4.78 is 0. The summed E-state index contributed by atoms with van der Waals surface area (Å²) in [7, 11) is 0. The van der Waals surface area contributed by atoms with Gasteiger partial charge in [-0.15, -0.1) is 11.8 Å². The van der Waals surface area contributed by atoms with Crippen LogP contribution >= 0.6 is 11.8 Å². The predicted molar refractivity (Wildman–Crippen MR) is 81.5 cm³/mol.